The minimum absolute atomic E-state index is 0.0394. The van der Waals surface area contributed by atoms with Gasteiger partial charge in [-0.3, -0.25) is 9.59 Å². The van der Waals surface area contributed by atoms with Gasteiger partial charge in [-0.05, 0) is 44.3 Å². The van der Waals surface area contributed by atoms with E-state index in [-0.39, 0.29) is 12.3 Å². The molecule has 2 N–H and O–H groups in total. The maximum Gasteiger partial charge on any atom is 0.316 e. The maximum atomic E-state index is 12.7. The standard InChI is InChI=1S/C21H32O6/c1-7-18-15(4)9-13(2)8-14(3)10-17(26-6)11-21(25,12-22)19(23)16(5)20(24)27-18/h9-10,14,16,18,22,25H,2,7-8,11-12H2,1,3-6H3/t14-,16+,18-,21?/m0/s1. The highest BCUT2D eigenvalue weighted by Crippen LogP contribution is 2.27. The lowest BCUT2D eigenvalue weighted by Crippen LogP contribution is -2.48. The molecule has 6 heteroatoms. The van der Waals surface area contributed by atoms with Crippen LogP contribution in [0.4, 0.5) is 0 Å². The van der Waals surface area contributed by atoms with Gasteiger partial charge in [-0.25, -0.2) is 0 Å². The van der Waals surface area contributed by atoms with Crippen LogP contribution in [-0.4, -0.2) is 47.4 Å². The lowest BCUT2D eigenvalue weighted by atomic mass is 9.86. The van der Waals surface area contributed by atoms with Gasteiger partial charge in [0, 0.05) is 6.42 Å². The molecule has 152 valence electrons. The number of carbonyl (C=O) groups is 2. The lowest BCUT2D eigenvalue weighted by molar-refractivity contribution is -0.162. The van der Waals surface area contributed by atoms with Crippen molar-refractivity contribution >= 4 is 11.8 Å². The highest BCUT2D eigenvalue weighted by atomic mass is 16.5. The van der Waals surface area contributed by atoms with E-state index in [1.807, 2.05) is 26.8 Å². The molecule has 1 aliphatic heterocycles. The monoisotopic (exact) mass is 380 g/mol. The number of ether oxygens (including phenoxy) is 2. The van der Waals surface area contributed by atoms with Crippen molar-refractivity contribution in [1.29, 1.82) is 0 Å². The lowest BCUT2D eigenvalue weighted by Gasteiger charge is -2.29. The normalized spacial score (nSPS) is 31.5. The fourth-order valence-corrected chi connectivity index (χ4v) is 3.22. The number of allylic oxidation sites excluding steroid dienone is 3. The molecule has 0 aromatic carbocycles. The minimum Gasteiger partial charge on any atom is -0.501 e. The Morgan fingerprint density at radius 3 is 2.52 bits per heavy atom. The largest absolute Gasteiger partial charge is 0.501 e. The highest BCUT2D eigenvalue weighted by molar-refractivity contribution is 6.03. The second-order valence-electron chi connectivity index (χ2n) is 7.35. The Labute approximate surface area is 161 Å². The maximum absolute atomic E-state index is 12.7. The van der Waals surface area contributed by atoms with Crippen molar-refractivity contribution in [1.82, 2.24) is 0 Å². The summed E-state index contributed by atoms with van der Waals surface area (Å²) >= 11 is 0. The molecule has 6 nitrogen and oxygen atoms in total. The highest BCUT2D eigenvalue weighted by Gasteiger charge is 2.42. The van der Waals surface area contributed by atoms with Gasteiger partial charge in [0.05, 0.1) is 19.5 Å². The van der Waals surface area contributed by atoms with Gasteiger partial charge in [0.25, 0.3) is 0 Å². The molecular formula is C21H32O6. The third-order valence-corrected chi connectivity index (χ3v) is 4.82. The molecule has 1 rings (SSSR count). The zero-order valence-electron chi connectivity index (χ0n) is 16.9. The Morgan fingerprint density at radius 1 is 1.37 bits per heavy atom. The molecule has 0 aromatic heterocycles. The van der Waals surface area contributed by atoms with Crippen LogP contribution in [0, 0.1) is 11.8 Å². The van der Waals surface area contributed by atoms with Crippen LogP contribution in [0.25, 0.3) is 0 Å². The van der Waals surface area contributed by atoms with Crippen LogP contribution >= 0.6 is 0 Å². The Bertz CT molecular complexity index is 633. The predicted octanol–water partition coefficient (Wildman–Crippen LogP) is 2.70. The molecule has 1 aliphatic rings. The van der Waals surface area contributed by atoms with Gasteiger partial charge in [-0.2, -0.15) is 0 Å². The van der Waals surface area contributed by atoms with Crippen molar-refractivity contribution in [3.8, 4) is 0 Å². The first-order valence-corrected chi connectivity index (χ1v) is 9.26. The first kappa shape index (κ1) is 23.1. The van der Waals surface area contributed by atoms with Crippen LogP contribution in [-0.2, 0) is 19.1 Å². The zero-order valence-corrected chi connectivity index (χ0v) is 16.9. The molecule has 4 atom stereocenters. The smallest absolute Gasteiger partial charge is 0.316 e. The van der Waals surface area contributed by atoms with Crippen molar-refractivity contribution in [2.24, 2.45) is 11.8 Å². The van der Waals surface area contributed by atoms with Crippen LogP contribution in [0.1, 0.15) is 47.0 Å². The Kier molecular flexibility index (Phi) is 8.44. The van der Waals surface area contributed by atoms with E-state index in [4.69, 9.17) is 9.47 Å². The van der Waals surface area contributed by atoms with Gasteiger partial charge in [-0.1, -0.05) is 32.1 Å². The molecule has 0 aromatic rings. The van der Waals surface area contributed by atoms with Crippen molar-refractivity contribution in [2.45, 2.75) is 58.7 Å². The van der Waals surface area contributed by atoms with Gasteiger partial charge in [0.1, 0.15) is 12.0 Å². The summed E-state index contributed by atoms with van der Waals surface area (Å²) in [5.41, 5.74) is -0.402. The van der Waals surface area contributed by atoms with Gasteiger partial charge < -0.3 is 19.7 Å². The molecule has 0 fully saturated rings. The van der Waals surface area contributed by atoms with Crippen molar-refractivity contribution in [3.05, 3.63) is 35.6 Å². The van der Waals surface area contributed by atoms with Gasteiger partial charge in [0.15, 0.2) is 11.4 Å². The van der Waals surface area contributed by atoms with E-state index in [0.29, 0.717) is 18.6 Å². The summed E-state index contributed by atoms with van der Waals surface area (Å²) in [5.74, 6) is -2.33. The minimum atomic E-state index is -2.12. The van der Waals surface area contributed by atoms with Crippen LogP contribution in [0.2, 0.25) is 0 Å². The number of hydrogen-bond donors (Lipinski definition) is 2. The molecular weight excluding hydrogens is 348 g/mol. The molecule has 0 saturated carbocycles. The number of aliphatic hydroxyl groups excluding tert-OH is 1. The summed E-state index contributed by atoms with van der Waals surface area (Å²) in [6.45, 7) is 10.3. The third-order valence-electron chi connectivity index (χ3n) is 4.82. The number of hydrogen-bond acceptors (Lipinski definition) is 6. The predicted molar refractivity (Wildman–Crippen MR) is 103 cm³/mol. The fraction of sp³-hybridized carbons (Fsp3) is 0.619. The average Bonchev–Trinajstić information content (AvgIpc) is 2.62. The Morgan fingerprint density at radius 2 is 2.00 bits per heavy atom. The third kappa shape index (κ3) is 6.04. The molecule has 0 saturated heterocycles. The number of methoxy groups -OCH3 is 1. The molecule has 27 heavy (non-hydrogen) atoms. The second kappa shape index (κ2) is 9.85. The Balaban J connectivity index is 3.38. The summed E-state index contributed by atoms with van der Waals surface area (Å²) in [7, 11) is 1.44. The molecule has 0 spiro atoms. The summed E-state index contributed by atoms with van der Waals surface area (Å²) in [6, 6.07) is 0. The van der Waals surface area contributed by atoms with Crippen LogP contribution in [0.3, 0.4) is 0 Å². The molecule has 0 radical (unpaired) electrons. The van der Waals surface area contributed by atoms with E-state index in [1.54, 1.807) is 6.08 Å². The van der Waals surface area contributed by atoms with E-state index in [2.05, 4.69) is 6.58 Å². The molecule has 1 unspecified atom stereocenters. The van der Waals surface area contributed by atoms with Crippen LogP contribution in [0.5, 0.6) is 0 Å². The van der Waals surface area contributed by atoms with Crippen molar-refractivity contribution < 1.29 is 29.3 Å². The topological polar surface area (TPSA) is 93.1 Å². The van der Waals surface area contributed by atoms with Crippen LogP contribution < -0.4 is 0 Å². The Hall–Kier alpha value is -1.92. The number of carbonyl (C=O) groups excluding carboxylic acids is 2. The summed E-state index contributed by atoms with van der Waals surface area (Å²) in [4.78, 5) is 25.2. The van der Waals surface area contributed by atoms with E-state index in [0.717, 1.165) is 11.1 Å². The average molecular weight is 380 g/mol. The second-order valence-corrected chi connectivity index (χ2v) is 7.35. The van der Waals surface area contributed by atoms with Crippen LogP contribution in [0.15, 0.2) is 35.6 Å². The van der Waals surface area contributed by atoms with Crippen molar-refractivity contribution in [3.63, 3.8) is 0 Å². The summed E-state index contributed by atoms with van der Waals surface area (Å²) < 4.78 is 10.8. The first-order valence-electron chi connectivity index (χ1n) is 9.26. The number of aliphatic hydroxyl groups is 2. The van der Waals surface area contributed by atoms with Gasteiger partial charge >= 0.3 is 5.97 Å². The van der Waals surface area contributed by atoms with Gasteiger partial charge in [0.2, 0.25) is 0 Å². The quantitative estimate of drug-likeness (QED) is 0.578. The fourth-order valence-electron chi connectivity index (χ4n) is 3.22. The van der Waals surface area contributed by atoms with E-state index < -0.39 is 36.0 Å². The number of Topliss-reactive ketones (excluding diaryl/α,β-unsaturated/α-hetero) is 1. The van der Waals surface area contributed by atoms with E-state index >= 15 is 0 Å². The molecule has 0 bridgehead atoms. The number of esters is 1. The molecule has 0 aliphatic carbocycles. The van der Waals surface area contributed by atoms with E-state index in [9.17, 15) is 19.8 Å². The van der Waals surface area contributed by atoms with Gasteiger partial charge in [-0.15, -0.1) is 0 Å². The summed E-state index contributed by atoms with van der Waals surface area (Å²) in [6.07, 6.45) is 4.19. The van der Waals surface area contributed by atoms with Crippen molar-refractivity contribution in [2.75, 3.05) is 13.7 Å². The number of cyclic esters (lactones) is 1. The zero-order chi connectivity index (χ0) is 20.8. The summed E-state index contributed by atoms with van der Waals surface area (Å²) in [5, 5.41) is 20.4. The van der Waals surface area contributed by atoms with E-state index in [1.165, 1.54) is 14.0 Å². The number of ketones is 1. The molecule has 0 amide bonds. The first-order chi connectivity index (χ1) is 12.6. The molecule has 1 heterocycles. The number of rotatable bonds is 3. The SMILES string of the molecule is C=C1C=C(C)[C@H](CC)OC(=O)[C@H](C)C(=O)C(O)(CO)CC(OC)=C[C@@H](C)C1.